The van der Waals surface area contributed by atoms with Crippen LogP contribution in [0.4, 0.5) is 4.39 Å². The number of aromatic nitrogens is 2. The average Bonchev–Trinajstić information content (AvgIpc) is 3.06. The number of pyridine rings is 2. The maximum atomic E-state index is 13.1. The van der Waals surface area contributed by atoms with Gasteiger partial charge in [-0.25, -0.2) is 9.37 Å². The van der Waals surface area contributed by atoms with E-state index in [9.17, 15) is 4.39 Å². The molecule has 0 saturated heterocycles. The van der Waals surface area contributed by atoms with Crippen LogP contribution >= 0.6 is 0 Å². The third-order valence-electron chi connectivity index (χ3n) is 4.72. The summed E-state index contributed by atoms with van der Waals surface area (Å²) < 4.78 is 19.2. The van der Waals surface area contributed by atoms with Gasteiger partial charge in [-0.05, 0) is 48.9 Å². The molecule has 0 radical (unpaired) electrons. The Hall–Kier alpha value is -3.53. The summed E-state index contributed by atoms with van der Waals surface area (Å²) in [5.74, 6) is -0.247. The molecule has 0 aliphatic carbocycles. The quantitative estimate of drug-likeness (QED) is 0.381. The van der Waals surface area contributed by atoms with Crippen molar-refractivity contribution in [2.45, 2.75) is 6.92 Å². The molecule has 5 rings (SSSR count). The molecule has 5 aromatic rings. The zero-order valence-corrected chi connectivity index (χ0v) is 14.6. The number of halogens is 1. The van der Waals surface area contributed by atoms with Gasteiger partial charge in [0.1, 0.15) is 11.4 Å². The highest BCUT2D eigenvalue weighted by Gasteiger charge is 2.13. The molecular weight excluding hydrogens is 339 g/mol. The number of fused-ring (bicyclic) bond motifs is 3. The van der Waals surface area contributed by atoms with Gasteiger partial charge >= 0.3 is 0 Å². The first-order valence-corrected chi connectivity index (χ1v) is 8.70. The minimum Gasteiger partial charge on any atom is -0.437 e. The van der Waals surface area contributed by atoms with Crippen LogP contribution in [0.15, 0.2) is 77.3 Å². The second-order valence-corrected chi connectivity index (χ2v) is 6.53. The van der Waals surface area contributed by atoms with Crippen LogP contribution in [-0.2, 0) is 0 Å². The van der Waals surface area contributed by atoms with Gasteiger partial charge < -0.3 is 4.42 Å². The van der Waals surface area contributed by atoms with Crippen LogP contribution in [0.1, 0.15) is 5.69 Å². The lowest BCUT2D eigenvalue weighted by Gasteiger charge is -2.05. The van der Waals surface area contributed by atoms with Gasteiger partial charge in [0.15, 0.2) is 0 Å². The van der Waals surface area contributed by atoms with Crippen LogP contribution in [0, 0.1) is 12.7 Å². The Morgan fingerprint density at radius 2 is 1.63 bits per heavy atom. The highest BCUT2D eigenvalue weighted by Crippen LogP contribution is 2.34. The second-order valence-electron chi connectivity index (χ2n) is 6.53. The highest BCUT2D eigenvalue weighted by molar-refractivity contribution is 6.08. The molecule has 0 bridgehead atoms. The maximum Gasteiger partial charge on any atom is 0.227 e. The summed E-state index contributed by atoms with van der Waals surface area (Å²) in [5, 5.41) is 2.03. The number of furan rings is 1. The molecule has 0 aliphatic heterocycles. The Labute approximate surface area is 155 Å². The lowest BCUT2D eigenvalue weighted by Crippen LogP contribution is -1.86. The highest BCUT2D eigenvalue weighted by atomic mass is 19.1. The number of nitrogens with zero attached hydrogens (tertiary/aromatic N) is 2. The fourth-order valence-electron chi connectivity index (χ4n) is 3.34. The summed E-state index contributed by atoms with van der Waals surface area (Å²) in [6.07, 6.45) is 1.80. The summed E-state index contributed by atoms with van der Waals surface area (Å²) >= 11 is 0. The molecule has 0 saturated carbocycles. The van der Waals surface area contributed by atoms with E-state index >= 15 is 0 Å². The van der Waals surface area contributed by atoms with E-state index in [1.807, 2.05) is 49.4 Å². The summed E-state index contributed by atoms with van der Waals surface area (Å²) in [6.45, 7) is 1.95. The van der Waals surface area contributed by atoms with Gasteiger partial charge in [0.05, 0.1) is 5.69 Å². The number of hydrogen-bond donors (Lipinski definition) is 0. The third-order valence-corrected chi connectivity index (χ3v) is 4.72. The standard InChI is InChI=1S/C23H15FN2O/c1-14-5-11-19-18-3-2-4-20(22(18)27-23(19)26-14)21-12-8-16(13-25-21)15-6-9-17(24)10-7-15/h2-13H,1H3. The Balaban J connectivity index is 1.63. The van der Waals surface area contributed by atoms with Gasteiger partial charge in [-0.2, -0.15) is 0 Å². The van der Waals surface area contributed by atoms with E-state index in [1.165, 1.54) is 12.1 Å². The zero-order chi connectivity index (χ0) is 18.4. The zero-order valence-electron chi connectivity index (χ0n) is 14.6. The molecule has 130 valence electrons. The molecule has 0 amide bonds. The van der Waals surface area contributed by atoms with Crippen molar-refractivity contribution in [3.05, 3.63) is 84.4 Å². The molecule has 0 atom stereocenters. The van der Waals surface area contributed by atoms with E-state index in [1.54, 1.807) is 18.3 Å². The summed E-state index contributed by atoms with van der Waals surface area (Å²) in [5.41, 5.74) is 5.96. The fraction of sp³-hybridized carbons (Fsp3) is 0.0435. The summed E-state index contributed by atoms with van der Waals surface area (Å²) in [7, 11) is 0. The van der Waals surface area contributed by atoms with Crippen molar-refractivity contribution in [1.29, 1.82) is 0 Å². The van der Waals surface area contributed by atoms with Crippen molar-refractivity contribution >= 4 is 22.1 Å². The third kappa shape index (κ3) is 2.66. The molecule has 3 heterocycles. The van der Waals surface area contributed by atoms with E-state index < -0.39 is 0 Å². The number of rotatable bonds is 2. The van der Waals surface area contributed by atoms with E-state index in [2.05, 4.69) is 9.97 Å². The van der Waals surface area contributed by atoms with Crippen LogP contribution in [0.2, 0.25) is 0 Å². The second kappa shape index (κ2) is 6.02. The lowest BCUT2D eigenvalue weighted by atomic mass is 10.0. The molecule has 0 spiro atoms. The number of hydrogen-bond acceptors (Lipinski definition) is 3. The van der Waals surface area contributed by atoms with Crippen LogP contribution in [0.25, 0.3) is 44.5 Å². The first-order chi connectivity index (χ1) is 13.2. The predicted octanol–water partition coefficient (Wildman–Crippen LogP) is 6.16. The van der Waals surface area contributed by atoms with Gasteiger partial charge in [0.2, 0.25) is 5.71 Å². The largest absolute Gasteiger partial charge is 0.437 e. The van der Waals surface area contributed by atoms with Crippen LogP contribution in [0.5, 0.6) is 0 Å². The normalized spacial score (nSPS) is 11.3. The summed E-state index contributed by atoms with van der Waals surface area (Å²) in [4.78, 5) is 9.10. The minimum atomic E-state index is -0.247. The topological polar surface area (TPSA) is 38.9 Å². The molecule has 27 heavy (non-hydrogen) atoms. The van der Waals surface area contributed by atoms with Gasteiger partial charge in [-0.1, -0.05) is 30.3 Å². The number of benzene rings is 2. The van der Waals surface area contributed by atoms with E-state index in [0.29, 0.717) is 5.71 Å². The van der Waals surface area contributed by atoms with Crippen molar-refractivity contribution < 1.29 is 8.81 Å². The molecule has 0 fully saturated rings. The fourth-order valence-corrected chi connectivity index (χ4v) is 3.34. The molecule has 2 aromatic carbocycles. The molecule has 0 N–H and O–H groups in total. The molecular formula is C23H15FN2O. The maximum absolute atomic E-state index is 13.1. The number of aryl methyl sites for hydroxylation is 1. The lowest BCUT2D eigenvalue weighted by molar-refractivity contribution is 0.628. The van der Waals surface area contributed by atoms with E-state index in [0.717, 1.165) is 44.4 Å². The average molecular weight is 354 g/mol. The predicted molar refractivity (Wildman–Crippen MR) is 105 cm³/mol. The van der Waals surface area contributed by atoms with Crippen LogP contribution < -0.4 is 0 Å². The molecule has 0 aliphatic rings. The smallest absolute Gasteiger partial charge is 0.227 e. The number of para-hydroxylation sites is 1. The van der Waals surface area contributed by atoms with Crippen LogP contribution in [-0.4, -0.2) is 9.97 Å². The van der Waals surface area contributed by atoms with Crippen LogP contribution in [0.3, 0.4) is 0 Å². The van der Waals surface area contributed by atoms with Crippen molar-refractivity contribution in [3.63, 3.8) is 0 Å². The first-order valence-electron chi connectivity index (χ1n) is 8.70. The Morgan fingerprint density at radius 3 is 2.41 bits per heavy atom. The van der Waals surface area contributed by atoms with Gasteiger partial charge in [0, 0.05) is 33.8 Å². The van der Waals surface area contributed by atoms with Gasteiger partial charge in [0.25, 0.3) is 0 Å². The minimum absolute atomic E-state index is 0.247. The first kappa shape index (κ1) is 15.7. The molecule has 0 unspecified atom stereocenters. The monoisotopic (exact) mass is 354 g/mol. The Kier molecular flexibility index (Phi) is 3.50. The Bertz CT molecular complexity index is 1270. The van der Waals surface area contributed by atoms with Gasteiger partial charge in [-0.15, -0.1) is 0 Å². The SMILES string of the molecule is Cc1ccc2c(n1)oc1c(-c3ccc(-c4ccc(F)cc4)cn3)cccc12. The Morgan fingerprint density at radius 1 is 0.815 bits per heavy atom. The molecule has 3 aromatic heterocycles. The summed E-state index contributed by atoms with van der Waals surface area (Å²) in [6, 6.07) is 20.4. The van der Waals surface area contributed by atoms with Crippen molar-refractivity contribution in [1.82, 2.24) is 9.97 Å². The van der Waals surface area contributed by atoms with Crippen molar-refractivity contribution in [3.8, 4) is 22.4 Å². The van der Waals surface area contributed by atoms with Crippen molar-refractivity contribution in [2.75, 3.05) is 0 Å². The van der Waals surface area contributed by atoms with E-state index in [4.69, 9.17) is 4.42 Å². The van der Waals surface area contributed by atoms with E-state index in [-0.39, 0.29) is 5.82 Å². The van der Waals surface area contributed by atoms with Crippen molar-refractivity contribution in [2.24, 2.45) is 0 Å². The molecule has 4 heteroatoms. The van der Waals surface area contributed by atoms with Gasteiger partial charge in [-0.3, -0.25) is 4.98 Å². The molecule has 3 nitrogen and oxygen atoms in total.